The Balaban J connectivity index is 0. The Morgan fingerprint density at radius 2 is 1.29 bits per heavy atom. The maximum absolute atomic E-state index is 5.05. The molecule has 0 aromatic heterocycles. The van der Waals surface area contributed by atoms with E-state index in [9.17, 15) is 0 Å². The molecular weight excluding hydrogens is 210 g/mol. The molecule has 1 N–H and O–H groups in total. The first-order chi connectivity index (χ1) is 8.43. The summed E-state index contributed by atoms with van der Waals surface area (Å²) in [6.45, 7) is 10.2. The van der Waals surface area contributed by atoms with E-state index in [2.05, 4.69) is 5.32 Å². The highest BCUT2D eigenvalue weighted by molar-refractivity contribution is 4.99. The van der Waals surface area contributed by atoms with Crippen LogP contribution in [0, 0.1) is 0 Å². The third-order valence-corrected chi connectivity index (χ3v) is 2.02. The summed E-state index contributed by atoms with van der Waals surface area (Å²) in [5.41, 5.74) is 0. The van der Waals surface area contributed by atoms with Crippen LogP contribution in [0.15, 0.2) is 36.4 Å². The molecule has 17 heavy (non-hydrogen) atoms. The van der Waals surface area contributed by atoms with E-state index >= 15 is 0 Å². The molecule has 1 aromatic rings. The number of benzene rings is 1. The largest absolute Gasteiger partial charge is 0.380 e. The average Bonchev–Trinajstić information content (AvgIpc) is 2.99. The molecule has 1 atom stereocenters. The first kappa shape index (κ1) is 18.5. The molecule has 0 amide bonds. The summed E-state index contributed by atoms with van der Waals surface area (Å²) in [7, 11) is 1.76. The molecule has 2 nitrogen and oxygen atoms in total. The van der Waals surface area contributed by atoms with Crippen LogP contribution in [0.4, 0.5) is 0 Å². The maximum Gasteiger partial charge on any atom is 0.0707 e. The van der Waals surface area contributed by atoms with Gasteiger partial charge in [-0.2, -0.15) is 0 Å². The van der Waals surface area contributed by atoms with Crippen LogP contribution in [-0.2, 0) is 4.74 Å². The van der Waals surface area contributed by atoms with Crippen molar-refractivity contribution in [3.05, 3.63) is 36.4 Å². The highest BCUT2D eigenvalue weighted by atomic mass is 16.5. The summed E-state index contributed by atoms with van der Waals surface area (Å²) in [6, 6.07) is 12.0. The predicted molar refractivity (Wildman–Crippen MR) is 77.4 cm³/mol. The minimum atomic E-state index is 0.486. The minimum absolute atomic E-state index is 0.486. The number of rotatable bonds is 1. The second-order valence-electron chi connectivity index (χ2n) is 3.01. The molecule has 1 aliphatic rings. The Hall–Kier alpha value is -0.860. The van der Waals surface area contributed by atoms with Gasteiger partial charge in [0, 0.05) is 13.7 Å². The third kappa shape index (κ3) is 13.1. The highest BCUT2D eigenvalue weighted by Gasteiger charge is 2.11. The number of hydrogen-bond donors (Lipinski definition) is 1. The third-order valence-electron chi connectivity index (χ3n) is 2.02. The predicted octanol–water partition coefficient (Wildman–Crippen LogP) is 3.73. The zero-order valence-electron chi connectivity index (χ0n) is 12.1. The topological polar surface area (TPSA) is 21.3 Å². The molecule has 2 rings (SSSR count). The molecule has 1 saturated heterocycles. The van der Waals surface area contributed by atoms with Gasteiger partial charge in [0.25, 0.3) is 0 Å². The van der Waals surface area contributed by atoms with Crippen LogP contribution in [0.2, 0.25) is 0 Å². The molecule has 0 radical (unpaired) electrons. The van der Waals surface area contributed by atoms with Crippen LogP contribution < -0.4 is 5.32 Å². The molecule has 0 saturated carbocycles. The van der Waals surface area contributed by atoms with Gasteiger partial charge in [-0.25, -0.2) is 0 Å². The van der Waals surface area contributed by atoms with Crippen molar-refractivity contribution < 1.29 is 4.74 Å². The van der Waals surface area contributed by atoms with Gasteiger partial charge < -0.3 is 10.1 Å². The van der Waals surface area contributed by atoms with Crippen molar-refractivity contribution in [2.75, 3.05) is 20.2 Å². The smallest absolute Gasteiger partial charge is 0.0707 e. The van der Waals surface area contributed by atoms with Gasteiger partial charge in [-0.1, -0.05) is 64.1 Å². The van der Waals surface area contributed by atoms with Gasteiger partial charge in [-0.15, -0.1) is 0 Å². The molecule has 0 aliphatic carbocycles. The molecule has 1 fully saturated rings. The lowest BCUT2D eigenvalue weighted by Gasteiger charge is -2.01. The number of methoxy groups -OCH3 is 1. The Morgan fingerprint density at radius 1 is 0.882 bits per heavy atom. The van der Waals surface area contributed by atoms with Crippen LogP contribution in [0.5, 0.6) is 0 Å². The zero-order chi connectivity index (χ0) is 13.4. The summed E-state index contributed by atoms with van der Waals surface area (Å²) in [6.07, 6.45) is 1.66. The highest BCUT2D eigenvalue weighted by Crippen LogP contribution is 1.99. The van der Waals surface area contributed by atoms with Crippen molar-refractivity contribution in [1.82, 2.24) is 5.32 Å². The Labute approximate surface area is 107 Å². The van der Waals surface area contributed by atoms with Crippen molar-refractivity contribution in [2.24, 2.45) is 0 Å². The zero-order valence-corrected chi connectivity index (χ0v) is 12.1. The van der Waals surface area contributed by atoms with Crippen molar-refractivity contribution in [3.63, 3.8) is 0 Å². The lowest BCUT2D eigenvalue weighted by atomic mass is 10.3. The monoisotopic (exact) mass is 239 g/mol. The van der Waals surface area contributed by atoms with Crippen LogP contribution in [0.1, 0.15) is 34.1 Å². The van der Waals surface area contributed by atoms with E-state index in [0.717, 1.165) is 13.1 Å². The van der Waals surface area contributed by atoms with Gasteiger partial charge >= 0.3 is 0 Å². The molecule has 1 aromatic carbocycles. The molecule has 100 valence electrons. The Morgan fingerprint density at radius 3 is 1.47 bits per heavy atom. The first-order valence-electron chi connectivity index (χ1n) is 6.67. The molecular formula is C15H29NO. The Kier molecular flexibility index (Phi) is 19.1. The Bertz CT molecular complexity index is 169. The summed E-state index contributed by atoms with van der Waals surface area (Å²) in [5, 5.41) is 3.20. The fraction of sp³-hybridized carbons (Fsp3) is 0.600. The van der Waals surface area contributed by atoms with Crippen molar-refractivity contribution in [1.29, 1.82) is 0 Å². The van der Waals surface area contributed by atoms with Gasteiger partial charge in [-0.05, 0) is 13.0 Å². The lowest BCUT2D eigenvalue weighted by molar-refractivity contribution is 0.119. The maximum atomic E-state index is 5.05. The van der Waals surface area contributed by atoms with Crippen LogP contribution in [-0.4, -0.2) is 26.3 Å². The van der Waals surface area contributed by atoms with E-state index in [4.69, 9.17) is 4.74 Å². The molecule has 2 heteroatoms. The average molecular weight is 239 g/mol. The van der Waals surface area contributed by atoms with E-state index in [1.807, 2.05) is 64.1 Å². The van der Waals surface area contributed by atoms with E-state index in [0.29, 0.717) is 6.10 Å². The normalized spacial score (nSPS) is 16.4. The van der Waals surface area contributed by atoms with Gasteiger partial charge in [0.15, 0.2) is 0 Å². The fourth-order valence-corrected chi connectivity index (χ4v) is 1.21. The van der Waals surface area contributed by atoms with Crippen molar-refractivity contribution in [2.45, 2.75) is 40.2 Å². The standard InChI is InChI=1S/C6H6.C5H11NO.2C2H6/c1-2-4-6-5-3-1;1-7-5-2-3-6-4-5;2*1-2/h1-6H;5-6H,2-4H2,1H3;2*1-2H3. The number of nitrogens with one attached hydrogen (secondary N) is 1. The van der Waals surface area contributed by atoms with Crippen LogP contribution in [0.3, 0.4) is 0 Å². The molecule has 0 spiro atoms. The molecule has 1 heterocycles. The quantitative estimate of drug-likeness (QED) is 0.806. The van der Waals surface area contributed by atoms with Gasteiger partial charge in [0.2, 0.25) is 0 Å². The fourth-order valence-electron chi connectivity index (χ4n) is 1.21. The summed E-state index contributed by atoms with van der Waals surface area (Å²) < 4.78 is 5.05. The number of hydrogen-bond acceptors (Lipinski definition) is 2. The van der Waals surface area contributed by atoms with E-state index < -0.39 is 0 Å². The van der Waals surface area contributed by atoms with Crippen LogP contribution in [0.25, 0.3) is 0 Å². The van der Waals surface area contributed by atoms with E-state index in [-0.39, 0.29) is 0 Å². The van der Waals surface area contributed by atoms with Gasteiger partial charge in [0.05, 0.1) is 6.10 Å². The summed E-state index contributed by atoms with van der Waals surface area (Å²) in [4.78, 5) is 0. The minimum Gasteiger partial charge on any atom is -0.380 e. The summed E-state index contributed by atoms with van der Waals surface area (Å²) >= 11 is 0. The second-order valence-corrected chi connectivity index (χ2v) is 3.01. The van der Waals surface area contributed by atoms with Crippen molar-refractivity contribution >= 4 is 0 Å². The van der Waals surface area contributed by atoms with E-state index in [1.165, 1.54) is 6.42 Å². The SMILES string of the molecule is CC.CC.COC1CCNC1.c1ccccc1. The van der Waals surface area contributed by atoms with Gasteiger partial charge in [0.1, 0.15) is 0 Å². The van der Waals surface area contributed by atoms with E-state index in [1.54, 1.807) is 7.11 Å². The lowest BCUT2D eigenvalue weighted by Crippen LogP contribution is -2.14. The van der Waals surface area contributed by atoms with Gasteiger partial charge in [-0.3, -0.25) is 0 Å². The van der Waals surface area contributed by atoms with Crippen LogP contribution >= 0.6 is 0 Å². The molecule has 1 aliphatic heterocycles. The molecule has 1 unspecified atom stereocenters. The number of ether oxygens (including phenoxy) is 1. The molecule has 0 bridgehead atoms. The van der Waals surface area contributed by atoms with Crippen molar-refractivity contribution in [3.8, 4) is 0 Å². The summed E-state index contributed by atoms with van der Waals surface area (Å²) in [5.74, 6) is 0. The second kappa shape index (κ2) is 17.5. The first-order valence-corrected chi connectivity index (χ1v) is 6.67.